The maximum absolute atomic E-state index is 5.89. The predicted octanol–water partition coefficient (Wildman–Crippen LogP) is 5.85. The minimum absolute atomic E-state index is 0.455. The van der Waals surface area contributed by atoms with Crippen molar-refractivity contribution in [2.45, 2.75) is 0 Å². The van der Waals surface area contributed by atoms with Gasteiger partial charge in [0.2, 0.25) is 11.8 Å². The first kappa shape index (κ1) is 15.4. The summed E-state index contributed by atoms with van der Waals surface area (Å²) < 4.78 is 11.5. The molecule has 0 amide bonds. The Morgan fingerprint density at radius 1 is 0.640 bits per heavy atom. The summed E-state index contributed by atoms with van der Waals surface area (Å²) >= 11 is 5.89. The van der Waals surface area contributed by atoms with Crippen molar-refractivity contribution in [3.63, 3.8) is 0 Å². The topological polar surface area (TPSA) is 48.2 Å². The lowest BCUT2D eigenvalue weighted by Crippen LogP contribution is -1.84. The van der Waals surface area contributed by atoms with Gasteiger partial charge in [-0.1, -0.05) is 29.8 Å². The summed E-state index contributed by atoms with van der Waals surface area (Å²) in [5.41, 5.74) is 1.65. The lowest BCUT2D eigenvalue weighted by Gasteiger charge is -2.05. The van der Waals surface area contributed by atoms with Crippen LogP contribution in [-0.4, -0.2) is 10.2 Å². The highest BCUT2D eigenvalue weighted by molar-refractivity contribution is 6.30. The molecule has 0 N–H and O–H groups in total. The minimum Gasteiger partial charge on any atom is -0.457 e. The van der Waals surface area contributed by atoms with E-state index in [4.69, 9.17) is 20.8 Å². The maximum Gasteiger partial charge on any atom is 0.248 e. The summed E-state index contributed by atoms with van der Waals surface area (Å²) in [7, 11) is 0. The largest absolute Gasteiger partial charge is 0.457 e. The molecule has 0 saturated carbocycles. The van der Waals surface area contributed by atoms with E-state index in [0.717, 1.165) is 22.6 Å². The number of nitrogens with zero attached hydrogens (tertiary/aromatic N) is 2. The van der Waals surface area contributed by atoms with Crippen molar-refractivity contribution < 1.29 is 9.15 Å². The third-order valence-corrected chi connectivity index (χ3v) is 3.85. The van der Waals surface area contributed by atoms with Gasteiger partial charge in [0.1, 0.15) is 11.5 Å². The standard InChI is InChI=1S/C20H13ClN2O2/c21-16-10-6-14(7-11-16)19-22-23-20(25-19)15-8-12-18(13-9-15)24-17-4-2-1-3-5-17/h1-13H. The molecular weight excluding hydrogens is 336 g/mol. The van der Waals surface area contributed by atoms with Crippen molar-refractivity contribution in [3.05, 3.63) is 83.9 Å². The fourth-order valence-electron chi connectivity index (χ4n) is 2.34. The molecule has 4 aromatic rings. The van der Waals surface area contributed by atoms with Gasteiger partial charge < -0.3 is 9.15 Å². The molecule has 0 radical (unpaired) electrons. The van der Waals surface area contributed by atoms with Gasteiger partial charge in [0, 0.05) is 16.1 Å². The molecule has 0 fully saturated rings. The van der Waals surface area contributed by atoms with Crippen LogP contribution in [0.3, 0.4) is 0 Å². The predicted molar refractivity (Wildman–Crippen MR) is 96.7 cm³/mol. The maximum atomic E-state index is 5.89. The Labute approximate surface area is 149 Å². The second-order valence-electron chi connectivity index (χ2n) is 5.36. The summed E-state index contributed by atoms with van der Waals surface area (Å²) in [4.78, 5) is 0. The van der Waals surface area contributed by atoms with E-state index in [1.165, 1.54) is 0 Å². The average Bonchev–Trinajstić information content (AvgIpc) is 3.14. The van der Waals surface area contributed by atoms with E-state index >= 15 is 0 Å². The van der Waals surface area contributed by atoms with Crippen LogP contribution in [-0.2, 0) is 0 Å². The molecule has 0 aliphatic rings. The lowest BCUT2D eigenvalue weighted by molar-refractivity contribution is 0.482. The Bertz CT molecular complexity index is 965. The van der Waals surface area contributed by atoms with Crippen LogP contribution in [0.1, 0.15) is 0 Å². The van der Waals surface area contributed by atoms with Crippen LogP contribution < -0.4 is 4.74 Å². The molecule has 1 aromatic heterocycles. The van der Waals surface area contributed by atoms with Crippen LogP contribution in [0.25, 0.3) is 22.9 Å². The van der Waals surface area contributed by atoms with Crippen molar-refractivity contribution in [3.8, 4) is 34.4 Å². The number of halogens is 1. The molecule has 0 spiro atoms. The molecule has 0 bridgehead atoms. The zero-order chi connectivity index (χ0) is 17.1. The minimum atomic E-state index is 0.455. The third-order valence-electron chi connectivity index (χ3n) is 3.60. The monoisotopic (exact) mass is 348 g/mol. The normalized spacial score (nSPS) is 10.6. The van der Waals surface area contributed by atoms with Crippen LogP contribution in [0.5, 0.6) is 11.5 Å². The van der Waals surface area contributed by atoms with Gasteiger partial charge in [-0.3, -0.25) is 0 Å². The molecule has 0 unspecified atom stereocenters. The molecule has 5 heteroatoms. The highest BCUT2D eigenvalue weighted by Gasteiger charge is 2.10. The van der Waals surface area contributed by atoms with Gasteiger partial charge in [-0.25, -0.2) is 0 Å². The zero-order valence-electron chi connectivity index (χ0n) is 13.1. The quantitative estimate of drug-likeness (QED) is 0.464. The first-order chi connectivity index (χ1) is 12.3. The zero-order valence-corrected chi connectivity index (χ0v) is 13.9. The van der Waals surface area contributed by atoms with Crippen LogP contribution in [0, 0.1) is 0 Å². The molecule has 25 heavy (non-hydrogen) atoms. The molecule has 122 valence electrons. The van der Waals surface area contributed by atoms with Gasteiger partial charge in [-0.2, -0.15) is 0 Å². The van der Waals surface area contributed by atoms with Crippen molar-refractivity contribution in [1.29, 1.82) is 0 Å². The van der Waals surface area contributed by atoms with Crippen molar-refractivity contribution in [2.24, 2.45) is 0 Å². The summed E-state index contributed by atoms with van der Waals surface area (Å²) in [5.74, 6) is 2.44. The number of ether oxygens (including phenoxy) is 1. The second kappa shape index (κ2) is 6.79. The number of rotatable bonds is 4. The van der Waals surface area contributed by atoms with Gasteiger partial charge in [0.25, 0.3) is 0 Å². The molecule has 0 aliphatic carbocycles. The molecule has 4 nitrogen and oxygen atoms in total. The second-order valence-corrected chi connectivity index (χ2v) is 5.80. The van der Waals surface area contributed by atoms with E-state index in [0.29, 0.717) is 16.8 Å². The van der Waals surface area contributed by atoms with Crippen LogP contribution >= 0.6 is 11.6 Å². The van der Waals surface area contributed by atoms with Gasteiger partial charge >= 0.3 is 0 Å². The highest BCUT2D eigenvalue weighted by Crippen LogP contribution is 2.27. The molecule has 1 heterocycles. The first-order valence-electron chi connectivity index (χ1n) is 7.71. The van der Waals surface area contributed by atoms with Gasteiger partial charge in [-0.05, 0) is 60.7 Å². The fourth-order valence-corrected chi connectivity index (χ4v) is 2.47. The van der Waals surface area contributed by atoms with Gasteiger partial charge in [-0.15, -0.1) is 10.2 Å². The number of benzene rings is 3. The Kier molecular flexibility index (Phi) is 4.19. The van der Waals surface area contributed by atoms with E-state index in [1.807, 2.05) is 66.7 Å². The molecular formula is C20H13ClN2O2. The Morgan fingerprint density at radius 2 is 1.16 bits per heavy atom. The van der Waals surface area contributed by atoms with Crippen molar-refractivity contribution in [2.75, 3.05) is 0 Å². The van der Waals surface area contributed by atoms with Crippen LogP contribution in [0.15, 0.2) is 83.3 Å². The van der Waals surface area contributed by atoms with Crippen molar-refractivity contribution in [1.82, 2.24) is 10.2 Å². The van der Waals surface area contributed by atoms with E-state index in [9.17, 15) is 0 Å². The van der Waals surface area contributed by atoms with Crippen LogP contribution in [0.2, 0.25) is 5.02 Å². The van der Waals surface area contributed by atoms with Crippen molar-refractivity contribution >= 4 is 11.6 Å². The molecule has 4 rings (SSSR count). The molecule has 0 atom stereocenters. The Morgan fingerprint density at radius 3 is 1.76 bits per heavy atom. The Balaban J connectivity index is 1.53. The number of hydrogen-bond acceptors (Lipinski definition) is 4. The SMILES string of the molecule is Clc1ccc(-c2nnc(-c3ccc(Oc4ccccc4)cc3)o2)cc1. The van der Waals surface area contributed by atoms with E-state index in [-0.39, 0.29) is 0 Å². The van der Waals surface area contributed by atoms with Crippen LogP contribution in [0.4, 0.5) is 0 Å². The van der Waals surface area contributed by atoms with Gasteiger partial charge in [0.15, 0.2) is 0 Å². The van der Waals surface area contributed by atoms with Gasteiger partial charge in [0.05, 0.1) is 0 Å². The summed E-state index contributed by atoms with van der Waals surface area (Å²) in [6, 6.07) is 24.4. The molecule has 0 aliphatic heterocycles. The van der Waals surface area contributed by atoms with E-state index in [2.05, 4.69) is 10.2 Å². The first-order valence-corrected chi connectivity index (χ1v) is 8.08. The molecule has 3 aromatic carbocycles. The number of hydrogen-bond donors (Lipinski definition) is 0. The summed E-state index contributed by atoms with van der Waals surface area (Å²) in [6.45, 7) is 0. The van der Waals surface area contributed by atoms with E-state index in [1.54, 1.807) is 12.1 Å². The summed E-state index contributed by atoms with van der Waals surface area (Å²) in [6.07, 6.45) is 0. The lowest BCUT2D eigenvalue weighted by atomic mass is 10.2. The summed E-state index contributed by atoms with van der Waals surface area (Å²) in [5, 5.41) is 8.86. The number of aromatic nitrogens is 2. The highest BCUT2D eigenvalue weighted by atomic mass is 35.5. The molecule has 0 saturated heterocycles. The average molecular weight is 349 g/mol. The number of para-hydroxylation sites is 1. The fraction of sp³-hybridized carbons (Fsp3) is 0. The smallest absolute Gasteiger partial charge is 0.248 e. The van der Waals surface area contributed by atoms with E-state index < -0.39 is 0 Å². The third kappa shape index (κ3) is 3.54. The Hall–Kier alpha value is -3.11.